The molecule has 6 rings (SSSR count). The predicted molar refractivity (Wildman–Crippen MR) is 68.1 cm³/mol. The molecule has 1 aliphatic carbocycles. The molecule has 112 valence electrons. The Hall–Kier alpha value is -1.02. The average Bonchev–Trinajstić information content (AvgIpc) is 3.30. The van der Waals surface area contributed by atoms with E-state index in [4.69, 9.17) is 23.7 Å². The molecule has 0 unspecified atom stereocenters. The van der Waals surface area contributed by atoms with E-state index in [9.17, 15) is 5.11 Å². The van der Waals surface area contributed by atoms with Gasteiger partial charge in [0.25, 0.3) is 6.48 Å². The summed E-state index contributed by atoms with van der Waals surface area (Å²) in [4.78, 5) is 0. The molecular formula is C15H16O6. The highest BCUT2D eigenvalue weighted by molar-refractivity contribution is 5.21. The quantitative estimate of drug-likeness (QED) is 0.802. The summed E-state index contributed by atoms with van der Waals surface area (Å²) >= 11 is 0. The molecule has 4 saturated heterocycles. The second-order valence-electron chi connectivity index (χ2n) is 6.00. The number of epoxide rings is 1. The molecule has 5 fully saturated rings. The normalized spacial score (nSPS) is 49.8. The van der Waals surface area contributed by atoms with Crippen molar-refractivity contribution in [3.8, 4) is 0 Å². The van der Waals surface area contributed by atoms with Crippen molar-refractivity contribution in [2.45, 2.75) is 49.2 Å². The van der Waals surface area contributed by atoms with Gasteiger partial charge in [0.1, 0.15) is 36.1 Å². The van der Waals surface area contributed by atoms with Gasteiger partial charge in [0.2, 0.25) is 0 Å². The first-order valence-corrected chi connectivity index (χ1v) is 7.22. The molecule has 6 nitrogen and oxygen atoms in total. The Morgan fingerprint density at radius 3 is 2.67 bits per heavy atom. The minimum absolute atomic E-state index is 0.243. The lowest BCUT2D eigenvalue weighted by Crippen LogP contribution is -2.77. The van der Waals surface area contributed by atoms with E-state index in [0.29, 0.717) is 13.2 Å². The van der Waals surface area contributed by atoms with E-state index in [1.54, 1.807) is 0 Å². The highest BCUT2D eigenvalue weighted by Gasteiger charge is 2.75. The van der Waals surface area contributed by atoms with Crippen molar-refractivity contribution in [2.24, 2.45) is 0 Å². The number of benzene rings is 1. The van der Waals surface area contributed by atoms with Gasteiger partial charge in [-0.25, -0.2) is 0 Å². The van der Waals surface area contributed by atoms with Crippen molar-refractivity contribution in [1.29, 1.82) is 0 Å². The van der Waals surface area contributed by atoms with Gasteiger partial charge in [0.05, 0.1) is 13.2 Å². The van der Waals surface area contributed by atoms with Crippen molar-refractivity contribution in [2.75, 3.05) is 6.61 Å². The van der Waals surface area contributed by atoms with Crippen LogP contribution < -0.4 is 0 Å². The van der Waals surface area contributed by atoms with Gasteiger partial charge >= 0.3 is 0 Å². The molecule has 0 radical (unpaired) electrons. The van der Waals surface area contributed by atoms with E-state index < -0.39 is 24.3 Å². The van der Waals surface area contributed by atoms with E-state index in [0.717, 1.165) is 5.56 Å². The number of rotatable bonds is 3. The van der Waals surface area contributed by atoms with Crippen LogP contribution in [0.4, 0.5) is 0 Å². The molecule has 0 amide bonds. The maximum atomic E-state index is 10.4. The first kappa shape index (κ1) is 12.5. The summed E-state index contributed by atoms with van der Waals surface area (Å²) in [5, 5.41) is 10.4. The SMILES string of the molecule is O[C@@H]1[C@H]2O[C@H]3O[C@H]1[C@@]1(CO1)[C@@H](O3)[C@H]2OCc1ccccc1. The number of hydrogen-bond acceptors (Lipinski definition) is 6. The summed E-state index contributed by atoms with van der Waals surface area (Å²) in [6.07, 6.45) is -2.14. The van der Waals surface area contributed by atoms with Gasteiger partial charge in [-0.05, 0) is 5.56 Å². The van der Waals surface area contributed by atoms with Crippen molar-refractivity contribution in [3.63, 3.8) is 0 Å². The lowest BCUT2D eigenvalue weighted by Gasteiger charge is -2.57. The van der Waals surface area contributed by atoms with Crippen molar-refractivity contribution >= 4 is 0 Å². The van der Waals surface area contributed by atoms with Crippen molar-refractivity contribution < 1.29 is 28.8 Å². The van der Waals surface area contributed by atoms with Gasteiger partial charge < -0.3 is 28.8 Å². The molecule has 4 aliphatic heterocycles. The van der Waals surface area contributed by atoms with Crippen molar-refractivity contribution in [3.05, 3.63) is 35.9 Å². The summed E-state index contributed by atoms with van der Waals surface area (Å²) in [6.45, 7) is 0.272. The first-order chi connectivity index (χ1) is 10.3. The Kier molecular flexibility index (Phi) is 2.54. The first-order valence-electron chi connectivity index (χ1n) is 7.22. The maximum Gasteiger partial charge on any atom is 0.273 e. The average molecular weight is 292 g/mol. The Labute approximate surface area is 121 Å². The molecule has 6 heteroatoms. The molecule has 1 N–H and O–H groups in total. The largest absolute Gasteiger partial charge is 0.387 e. The Bertz CT molecular complexity index is 544. The number of aliphatic hydroxyl groups is 1. The van der Waals surface area contributed by atoms with Gasteiger partial charge in [0.15, 0.2) is 0 Å². The van der Waals surface area contributed by atoms with Crippen LogP contribution in [0.15, 0.2) is 30.3 Å². The molecule has 4 bridgehead atoms. The van der Waals surface area contributed by atoms with Crippen LogP contribution in [-0.2, 0) is 30.3 Å². The zero-order chi connectivity index (χ0) is 14.0. The topological polar surface area (TPSA) is 69.7 Å². The fourth-order valence-corrected chi connectivity index (χ4v) is 3.64. The summed E-state index contributed by atoms with van der Waals surface area (Å²) in [6, 6.07) is 9.90. The van der Waals surface area contributed by atoms with Crippen LogP contribution in [0.3, 0.4) is 0 Å². The summed E-state index contributed by atoms with van der Waals surface area (Å²) < 4.78 is 28.5. The molecule has 1 spiro atoms. The van der Waals surface area contributed by atoms with Crippen LogP contribution in [0.1, 0.15) is 5.56 Å². The lowest BCUT2D eigenvalue weighted by atomic mass is 9.76. The van der Waals surface area contributed by atoms with Gasteiger partial charge in [-0.2, -0.15) is 0 Å². The highest BCUT2D eigenvalue weighted by Crippen LogP contribution is 2.53. The molecule has 1 aromatic rings. The van der Waals surface area contributed by atoms with E-state index in [1.165, 1.54) is 0 Å². The third kappa shape index (κ3) is 1.69. The fraction of sp³-hybridized carbons (Fsp3) is 0.600. The third-order valence-corrected chi connectivity index (χ3v) is 4.78. The highest BCUT2D eigenvalue weighted by atomic mass is 16.9. The second-order valence-corrected chi connectivity index (χ2v) is 6.00. The van der Waals surface area contributed by atoms with Crippen LogP contribution in [0.25, 0.3) is 0 Å². The fourth-order valence-electron chi connectivity index (χ4n) is 3.64. The Morgan fingerprint density at radius 2 is 1.90 bits per heavy atom. The molecule has 1 aromatic carbocycles. The number of aliphatic hydroxyl groups excluding tert-OH is 1. The van der Waals surface area contributed by atoms with Crippen LogP contribution in [-0.4, -0.2) is 54.3 Å². The number of ether oxygens (including phenoxy) is 5. The van der Waals surface area contributed by atoms with Crippen LogP contribution in [0.5, 0.6) is 0 Å². The molecule has 0 aromatic heterocycles. The van der Waals surface area contributed by atoms with Gasteiger partial charge in [0, 0.05) is 0 Å². The van der Waals surface area contributed by atoms with E-state index in [1.807, 2.05) is 30.3 Å². The van der Waals surface area contributed by atoms with Gasteiger partial charge in [-0.3, -0.25) is 0 Å². The van der Waals surface area contributed by atoms with Crippen LogP contribution in [0.2, 0.25) is 0 Å². The third-order valence-electron chi connectivity index (χ3n) is 4.78. The zero-order valence-corrected chi connectivity index (χ0v) is 11.3. The van der Waals surface area contributed by atoms with Crippen LogP contribution in [0, 0.1) is 0 Å². The summed E-state index contributed by atoms with van der Waals surface area (Å²) in [5.41, 5.74) is 0.514. The number of hydrogen-bond donors (Lipinski definition) is 1. The second kappa shape index (κ2) is 4.25. The zero-order valence-electron chi connectivity index (χ0n) is 11.3. The van der Waals surface area contributed by atoms with E-state index in [-0.39, 0.29) is 18.3 Å². The Morgan fingerprint density at radius 1 is 1.14 bits per heavy atom. The lowest BCUT2D eigenvalue weighted by molar-refractivity contribution is -0.481. The van der Waals surface area contributed by atoms with E-state index >= 15 is 0 Å². The van der Waals surface area contributed by atoms with Gasteiger partial charge in [-0.15, -0.1) is 0 Å². The monoisotopic (exact) mass is 292 g/mol. The standard InChI is InChI=1S/C15H16O6/c16-9-10-11(17-6-8-4-2-1-3-5-8)13-15(7-18-15)12(9)20-14(19-10)21-13/h1-5,9-14,16H,6-7H2/t9-,10-,11+,12-,13+,14+,15+/m1/s1. The smallest absolute Gasteiger partial charge is 0.273 e. The van der Waals surface area contributed by atoms with Crippen LogP contribution >= 0.6 is 0 Å². The minimum Gasteiger partial charge on any atom is -0.387 e. The molecule has 7 atom stereocenters. The molecule has 4 heterocycles. The van der Waals surface area contributed by atoms with Crippen molar-refractivity contribution in [1.82, 2.24) is 0 Å². The maximum absolute atomic E-state index is 10.4. The molecule has 21 heavy (non-hydrogen) atoms. The molecule has 1 saturated carbocycles. The summed E-state index contributed by atoms with van der Waals surface area (Å²) in [7, 11) is 0. The molecular weight excluding hydrogens is 276 g/mol. The summed E-state index contributed by atoms with van der Waals surface area (Å²) in [5.74, 6) is 0. The minimum atomic E-state index is -0.746. The molecule has 5 aliphatic rings. The van der Waals surface area contributed by atoms with Gasteiger partial charge in [-0.1, -0.05) is 30.3 Å². The van der Waals surface area contributed by atoms with E-state index in [2.05, 4.69) is 0 Å². The Balaban J connectivity index is 1.39. The predicted octanol–water partition coefficient (Wildman–Crippen LogP) is 0.182.